The summed E-state index contributed by atoms with van der Waals surface area (Å²) in [5.74, 6) is -1.43. The van der Waals surface area contributed by atoms with Gasteiger partial charge in [0.1, 0.15) is 17.7 Å². The van der Waals surface area contributed by atoms with E-state index in [2.05, 4.69) is 24.5 Å². The predicted octanol–water partition coefficient (Wildman–Crippen LogP) is 2.85. The number of carbonyl (C=O) groups is 2. The highest BCUT2D eigenvalue weighted by molar-refractivity contribution is 6.06. The first-order valence-electron chi connectivity index (χ1n) is 7.76. The molecule has 1 aromatic rings. The van der Waals surface area contributed by atoms with E-state index in [0.29, 0.717) is 11.6 Å². The zero-order chi connectivity index (χ0) is 18.3. The van der Waals surface area contributed by atoms with E-state index in [0.717, 1.165) is 11.8 Å². The number of hydrogen-bond acceptors (Lipinski definition) is 4. The van der Waals surface area contributed by atoms with Crippen molar-refractivity contribution in [2.75, 3.05) is 5.32 Å². The first kappa shape index (κ1) is 19.2. The molecule has 6 nitrogen and oxygen atoms in total. The Morgan fingerprint density at radius 2 is 1.75 bits per heavy atom. The molecular weight excluding hydrogens is 306 g/mol. The van der Waals surface area contributed by atoms with Crippen LogP contribution in [0.1, 0.15) is 39.2 Å². The van der Waals surface area contributed by atoms with Gasteiger partial charge in [0, 0.05) is 11.9 Å². The maximum atomic E-state index is 12.1. The third kappa shape index (κ3) is 5.43. The Hall–Kier alpha value is -2.81. The molecule has 0 spiro atoms. The van der Waals surface area contributed by atoms with Crippen LogP contribution in [0.5, 0.6) is 0 Å². The average molecular weight is 329 g/mol. The number of carbonyl (C=O) groups excluding carboxylic acids is 1. The number of carboxylic acid groups (broad SMARTS) is 1. The molecule has 0 aromatic heterocycles. The Labute approximate surface area is 142 Å². The molecule has 0 bridgehead atoms. The number of nitrogens with zero attached hydrogens (tertiary/aromatic N) is 1. The molecule has 0 aliphatic heterocycles. The predicted molar refractivity (Wildman–Crippen MR) is 92.3 cm³/mol. The van der Waals surface area contributed by atoms with E-state index < -0.39 is 17.9 Å². The molecule has 0 radical (unpaired) electrons. The average Bonchev–Trinajstić information content (AvgIpc) is 2.51. The van der Waals surface area contributed by atoms with Crippen LogP contribution in [0.3, 0.4) is 0 Å². The summed E-state index contributed by atoms with van der Waals surface area (Å²) in [4.78, 5) is 23.2. The smallest absolute Gasteiger partial charge is 0.326 e. The molecule has 1 rings (SSSR count). The van der Waals surface area contributed by atoms with Gasteiger partial charge < -0.3 is 15.7 Å². The van der Waals surface area contributed by atoms with E-state index in [-0.39, 0.29) is 11.5 Å². The molecule has 0 aliphatic carbocycles. The number of rotatable bonds is 7. The summed E-state index contributed by atoms with van der Waals surface area (Å²) in [5, 5.41) is 23.5. The molecule has 0 aliphatic rings. The van der Waals surface area contributed by atoms with Crippen LogP contribution < -0.4 is 10.6 Å². The standard InChI is InChI=1S/C18H23N3O3/c1-11(2)13-5-7-15(8-6-13)21-17(22)14(9-19)10-20-16(12(3)4)18(23)24/h5-8,10-12,16,20H,1-4H3,(H,21,22)(H,23,24)/b14-10-. The summed E-state index contributed by atoms with van der Waals surface area (Å²) in [6.07, 6.45) is 1.15. The molecule has 6 heteroatoms. The van der Waals surface area contributed by atoms with Crippen LogP contribution in [0.15, 0.2) is 36.0 Å². The number of anilines is 1. The van der Waals surface area contributed by atoms with Crippen LogP contribution in [-0.4, -0.2) is 23.0 Å². The van der Waals surface area contributed by atoms with E-state index in [4.69, 9.17) is 10.4 Å². The van der Waals surface area contributed by atoms with E-state index >= 15 is 0 Å². The third-order valence-electron chi connectivity index (χ3n) is 3.54. The minimum atomic E-state index is -1.04. The van der Waals surface area contributed by atoms with Crippen molar-refractivity contribution >= 4 is 17.6 Å². The van der Waals surface area contributed by atoms with E-state index in [9.17, 15) is 9.59 Å². The molecular formula is C18H23N3O3. The second-order valence-electron chi connectivity index (χ2n) is 6.13. The lowest BCUT2D eigenvalue weighted by molar-refractivity contribution is -0.140. The summed E-state index contributed by atoms with van der Waals surface area (Å²) < 4.78 is 0. The van der Waals surface area contributed by atoms with Crippen molar-refractivity contribution in [3.05, 3.63) is 41.6 Å². The molecule has 1 amide bonds. The summed E-state index contributed by atoms with van der Waals surface area (Å²) >= 11 is 0. The second-order valence-corrected chi connectivity index (χ2v) is 6.13. The highest BCUT2D eigenvalue weighted by Crippen LogP contribution is 2.17. The maximum absolute atomic E-state index is 12.1. The van der Waals surface area contributed by atoms with Gasteiger partial charge in [-0.2, -0.15) is 5.26 Å². The SMILES string of the molecule is CC(C)c1ccc(NC(=O)/C(C#N)=C\NC(C(=O)O)C(C)C)cc1. The second kappa shape index (κ2) is 8.73. The molecule has 1 atom stereocenters. The van der Waals surface area contributed by atoms with Gasteiger partial charge in [-0.05, 0) is 29.5 Å². The van der Waals surface area contributed by atoms with Gasteiger partial charge in [0.05, 0.1) is 0 Å². The fourth-order valence-corrected chi connectivity index (χ4v) is 2.02. The molecule has 1 unspecified atom stereocenters. The molecule has 0 saturated carbocycles. The summed E-state index contributed by atoms with van der Waals surface area (Å²) in [6.45, 7) is 7.62. The largest absolute Gasteiger partial charge is 0.480 e. The molecule has 0 saturated heterocycles. The highest BCUT2D eigenvalue weighted by Gasteiger charge is 2.20. The lowest BCUT2D eigenvalue weighted by Gasteiger charge is -2.16. The summed E-state index contributed by atoms with van der Waals surface area (Å²) in [5.41, 5.74) is 1.53. The highest BCUT2D eigenvalue weighted by atomic mass is 16.4. The molecule has 24 heavy (non-hydrogen) atoms. The topological polar surface area (TPSA) is 102 Å². The van der Waals surface area contributed by atoms with Gasteiger partial charge in [-0.15, -0.1) is 0 Å². The summed E-state index contributed by atoms with van der Waals surface area (Å²) in [7, 11) is 0. The van der Waals surface area contributed by atoms with Crippen LogP contribution in [0.25, 0.3) is 0 Å². The monoisotopic (exact) mass is 329 g/mol. The number of aliphatic carboxylic acids is 1. The van der Waals surface area contributed by atoms with Crippen molar-refractivity contribution in [2.24, 2.45) is 5.92 Å². The van der Waals surface area contributed by atoms with Crippen molar-refractivity contribution in [3.8, 4) is 6.07 Å². The van der Waals surface area contributed by atoms with Crippen LogP contribution in [0.2, 0.25) is 0 Å². The molecule has 0 heterocycles. The molecule has 3 N–H and O–H groups in total. The van der Waals surface area contributed by atoms with Gasteiger partial charge in [0.2, 0.25) is 0 Å². The normalized spacial score (nSPS) is 12.6. The first-order chi connectivity index (χ1) is 11.3. The Morgan fingerprint density at radius 1 is 1.17 bits per heavy atom. The van der Waals surface area contributed by atoms with Gasteiger partial charge >= 0.3 is 5.97 Å². The van der Waals surface area contributed by atoms with Gasteiger partial charge in [-0.3, -0.25) is 4.79 Å². The van der Waals surface area contributed by atoms with Gasteiger partial charge in [-0.1, -0.05) is 39.8 Å². The van der Waals surface area contributed by atoms with Crippen molar-refractivity contribution in [2.45, 2.75) is 39.7 Å². The Kier molecular flexibility index (Phi) is 6.99. The first-order valence-corrected chi connectivity index (χ1v) is 7.76. The Morgan fingerprint density at radius 3 is 2.17 bits per heavy atom. The quantitative estimate of drug-likeness (QED) is 0.527. The number of benzene rings is 1. The van der Waals surface area contributed by atoms with Crippen LogP contribution >= 0.6 is 0 Å². The number of hydrogen-bond donors (Lipinski definition) is 3. The van der Waals surface area contributed by atoms with Crippen molar-refractivity contribution < 1.29 is 14.7 Å². The maximum Gasteiger partial charge on any atom is 0.326 e. The number of nitriles is 1. The Bertz CT molecular complexity index is 655. The lowest BCUT2D eigenvalue weighted by atomic mass is 10.0. The fourth-order valence-electron chi connectivity index (χ4n) is 2.02. The number of nitrogens with one attached hydrogen (secondary N) is 2. The lowest BCUT2D eigenvalue weighted by Crippen LogP contribution is -2.38. The van der Waals surface area contributed by atoms with Gasteiger partial charge in [0.25, 0.3) is 5.91 Å². The molecule has 0 fully saturated rings. The van der Waals surface area contributed by atoms with Crippen molar-refractivity contribution in [1.29, 1.82) is 5.26 Å². The minimum absolute atomic E-state index is 0.185. The van der Waals surface area contributed by atoms with Crippen LogP contribution in [0, 0.1) is 17.2 Å². The van der Waals surface area contributed by atoms with Crippen molar-refractivity contribution in [3.63, 3.8) is 0 Å². The minimum Gasteiger partial charge on any atom is -0.480 e. The molecule has 128 valence electrons. The van der Waals surface area contributed by atoms with Crippen molar-refractivity contribution in [1.82, 2.24) is 5.32 Å². The van der Waals surface area contributed by atoms with E-state index in [1.807, 2.05) is 12.1 Å². The van der Waals surface area contributed by atoms with E-state index in [1.165, 1.54) is 0 Å². The zero-order valence-corrected chi connectivity index (χ0v) is 14.3. The van der Waals surface area contributed by atoms with Gasteiger partial charge in [0.15, 0.2) is 0 Å². The Balaban J connectivity index is 2.81. The van der Waals surface area contributed by atoms with E-state index in [1.54, 1.807) is 32.0 Å². The zero-order valence-electron chi connectivity index (χ0n) is 14.3. The molecule has 1 aromatic carbocycles. The third-order valence-corrected chi connectivity index (χ3v) is 3.54. The van der Waals surface area contributed by atoms with Gasteiger partial charge in [-0.25, -0.2) is 4.79 Å². The number of carboxylic acids is 1. The van der Waals surface area contributed by atoms with Crippen LogP contribution in [0.4, 0.5) is 5.69 Å². The summed E-state index contributed by atoms with van der Waals surface area (Å²) in [6, 6.07) is 8.27. The number of amides is 1. The fraction of sp³-hybridized carbons (Fsp3) is 0.389. The van der Waals surface area contributed by atoms with Crippen LogP contribution in [-0.2, 0) is 9.59 Å².